The summed E-state index contributed by atoms with van der Waals surface area (Å²) in [5.74, 6) is -0.483. The molecular weight excluding hydrogens is 779 g/mol. The molecule has 0 fully saturated rings. The summed E-state index contributed by atoms with van der Waals surface area (Å²) >= 11 is 0. The van der Waals surface area contributed by atoms with Crippen LogP contribution in [0.4, 0.5) is 0 Å². The molecule has 1 amide bonds. The van der Waals surface area contributed by atoms with Gasteiger partial charge in [-0.2, -0.15) is 0 Å². The lowest BCUT2D eigenvalue weighted by Gasteiger charge is -2.24. The van der Waals surface area contributed by atoms with Gasteiger partial charge in [0.1, 0.15) is 6.10 Å². The summed E-state index contributed by atoms with van der Waals surface area (Å²) < 4.78 is 5.95. The Kier molecular flexibility index (Phi) is 49.1. The second-order valence-electron chi connectivity index (χ2n) is 18.7. The summed E-state index contributed by atoms with van der Waals surface area (Å²) in [6.45, 7) is 6.36. The van der Waals surface area contributed by atoms with Crippen molar-refractivity contribution in [2.24, 2.45) is 0 Å². The molecule has 0 aliphatic carbocycles. The predicted molar refractivity (Wildman–Crippen MR) is 273 cm³/mol. The number of ether oxygens (including phenoxy) is 1. The van der Waals surface area contributed by atoms with E-state index in [9.17, 15) is 19.8 Å². The van der Waals surface area contributed by atoms with Crippen molar-refractivity contribution in [1.82, 2.24) is 5.32 Å². The molecule has 0 aromatic heterocycles. The first kappa shape index (κ1) is 60.8. The Labute approximate surface area is 391 Å². The third kappa shape index (κ3) is 46.2. The van der Waals surface area contributed by atoms with Crippen molar-refractivity contribution in [2.75, 3.05) is 6.61 Å². The second kappa shape index (κ2) is 50.8. The van der Waals surface area contributed by atoms with Crippen molar-refractivity contribution in [1.29, 1.82) is 0 Å². The van der Waals surface area contributed by atoms with Gasteiger partial charge in [0.15, 0.2) is 0 Å². The zero-order valence-corrected chi connectivity index (χ0v) is 42.0. The lowest BCUT2D eigenvalue weighted by Crippen LogP contribution is -2.46. The van der Waals surface area contributed by atoms with Crippen LogP contribution in [0.5, 0.6) is 0 Å². The Hall–Kier alpha value is -2.18. The highest BCUT2D eigenvalue weighted by Gasteiger charge is 2.24. The first-order valence-electron chi connectivity index (χ1n) is 27.4. The molecule has 63 heavy (non-hydrogen) atoms. The van der Waals surface area contributed by atoms with Gasteiger partial charge in [0.2, 0.25) is 5.91 Å². The normalized spacial score (nSPS) is 13.5. The molecule has 6 nitrogen and oxygen atoms in total. The van der Waals surface area contributed by atoms with E-state index in [1.165, 1.54) is 161 Å². The molecule has 6 heteroatoms. The van der Waals surface area contributed by atoms with Gasteiger partial charge in [0.25, 0.3) is 0 Å². The molecule has 0 aliphatic heterocycles. The number of hydrogen-bond donors (Lipinski definition) is 3. The molecular formula is C57H105NO5. The quantitative estimate of drug-likeness (QED) is 0.0245. The number of esters is 1. The lowest BCUT2D eigenvalue weighted by molar-refractivity contribution is -0.151. The van der Waals surface area contributed by atoms with Gasteiger partial charge in [-0.3, -0.25) is 9.59 Å². The summed E-state index contributed by atoms with van der Waals surface area (Å²) in [6.07, 6.45) is 61.7. The second-order valence-corrected chi connectivity index (χ2v) is 18.7. The Morgan fingerprint density at radius 2 is 0.873 bits per heavy atom. The third-order valence-corrected chi connectivity index (χ3v) is 12.5. The minimum Gasteiger partial charge on any atom is -0.462 e. The molecule has 0 rings (SSSR count). The van der Waals surface area contributed by atoms with Crippen LogP contribution in [-0.2, 0) is 14.3 Å². The summed E-state index contributed by atoms with van der Waals surface area (Å²) in [7, 11) is 0. The van der Waals surface area contributed by atoms with Crippen LogP contribution in [0, 0.1) is 0 Å². The van der Waals surface area contributed by atoms with Gasteiger partial charge in [-0.1, -0.05) is 243 Å². The minimum absolute atomic E-state index is 0.0708. The van der Waals surface area contributed by atoms with Crippen molar-refractivity contribution in [2.45, 2.75) is 296 Å². The fourth-order valence-corrected chi connectivity index (χ4v) is 8.31. The molecule has 0 spiro atoms. The number of rotatable bonds is 49. The first-order valence-corrected chi connectivity index (χ1v) is 27.4. The van der Waals surface area contributed by atoms with Gasteiger partial charge in [0, 0.05) is 6.42 Å². The van der Waals surface area contributed by atoms with E-state index < -0.39 is 18.2 Å². The number of aliphatic hydroxyl groups is 2. The zero-order chi connectivity index (χ0) is 45.9. The molecule has 0 heterocycles. The average Bonchev–Trinajstić information content (AvgIpc) is 3.28. The smallest absolute Gasteiger partial charge is 0.306 e. The molecule has 0 saturated heterocycles. The van der Waals surface area contributed by atoms with Gasteiger partial charge in [-0.15, -0.1) is 0 Å². The van der Waals surface area contributed by atoms with E-state index in [1.54, 1.807) is 0 Å². The molecule has 3 unspecified atom stereocenters. The lowest BCUT2D eigenvalue weighted by atomic mass is 10.0. The molecule has 0 saturated carbocycles. The highest BCUT2D eigenvalue weighted by Crippen LogP contribution is 2.18. The van der Waals surface area contributed by atoms with Gasteiger partial charge >= 0.3 is 5.97 Å². The van der Waals surface area contributed by atoms with E-state index >= 15 is 0 Å². The highest BCUT2D eigenvalue weighted by atomic mass is 16.5. The van der Waals surface area contributed by atoms with Crippen LogP contribution in [-0.4, -0.2) is 46.9 Å². The predicted octanol–water partition coefficient (Wildman–Crippen LogP) is 16.6. The van der Waals surface area contributed by atoms with E-state index in [1.807, 2.05) is 0 Å². The standard InChI is InChI=1S/C57H105NO5/c1-4-7-10-13-16-19-22-25-27-28-30-31-33-36-39-42-45-48-53(63-57(62)50-47-44-41-38-35-32-29-26-23-20-17-14-11-8-5-2)51-56(61)58-54(52-59)55(60)49-46-43-40-37-34-24-21-18-15-12-9-6-3/h8,11,14,17,20,23,25,27,53-55,59-60H,4-7,9-10,12-13,15-16,18-19,21-22,24,26,28-52H2,1-3H3,(H,58,61)/b11-8+,17-14+,23-20+,27-25+. The molecule has 3 atom stereocenters. The maximum Gasteiger partial charge on any atom is 0.306 e. The van der Waals surface area contributed by atoms with Crippen LogP contribution in [0.2, 0.25) is 0 Å². The maximum atomic E-state index is 13.2. The van der Waals surface area contributed by atoms with Crippen LogP contribution >= 0.6 is 0 Å². The van der Waals surface area contributed by atoms with Crippen LogP contribution < -0.4 is 5.32 Å². The summed E-state index contributed by atoms with van der Waals surface area (Å²) in [5, 5.41) is 23.8. The van der Waals surface area contributed by atoms with E-state index in [4.69, 9.17) is 4.74 Å². The zero-order valence-electron chi connectivity index (χ0n) is 42.0. The van der Waals surface area contributed by atoms with E-state index in [0.29, 0.717) is 19.3 Å². The Morgan fingerprint density at radius 1 is 0.476 bits per heavy atom. The average molecular weight is 884 g/mol. The van der Waals surface area contributed by atoms with Gasteiger partial charge in [-0.25, -0.2) is 0 Å². The molecule has 0 bridgehead atoms. The summed E-state index contributed by atoms with van der Waals surface area (Å²) in [5.41, 5.74) is 0. The Balaban J connectivity index is 4.59. The van der Waals surface area contributed by atoms with Crippen LogP contribution in [0.1, 0.15) is 278 Å². The first-order chi connectivity index (χ1) is 31.0. The molecule has 0 radical (unpaired) electrons. The number of allylic oxidation sites excluding steroid dienone is 8. The van der Waals surface area contributed by atoms with Crippen molar-refractivity contribution in [3.63, 3.8) is 0 Å². The topological polar surface area (TPSA) is 95.9 Å². The maximum absolute atomic E-state index is 13.2. The van der Waals surface area contributed by atoms with Crippen molar-refractivity contribution in [3.05, 3.63) is 48.6 Å². The van der Waals surface area contributed by atoms with E-state index in [0.717, 1.165) is 70.6 Å². The van der Waals surface area contributed by atoms with Crippen molar-refractivity contribution < 1.29 is 24.5 Å². The minimum atomic E-state index is -0.790. The highest BCUT2D eigenvalue weighted by molar-refractivity contribution is 5.77. The largest absolute Gasteiger partial charge is 0.462 e. The van der Waals surface area contributed by atoms with E-state index in [-0.39, 0.29) is 24.9 Å². The van der Waals surface area contributed by atoms with Crippen LogP contribution in [0.15, 0.2) is 48.6 Å². The summed E-state index contributed by atoms with van der Waals surface area (Å²) in [4.78, 5) is 26.2. The third-order valence-electron chi connectivity index (χ3n) is 12.5. The number of nitrogens with one attached hydrogen (secondary N) is 1. The number of carbonyl (C=O) groups excluding carboxylic acids is 2. The fraction of sp³-hybridized carbons (Fsp3) is 0.825. The van der Waals surface area contributed by atoms with Crippen molar-refractivity contribution >= 4 is 11.9 Å². The number of amides is 1. The van der Waals surface area contributed by atoms with Crippen molar-refractivity contribution in [3.8, 4) is 0 Å². The van der Waals surface area contributed by atoms with Gasteiger partial charge < -0.3 is 20.3 Å². The number of unbranched alkanes of at least 4 members (excludes halogenated alkanes) is 31. The molecule has 0 aromatic rings. The van der Waals surface area contributed by atoms with Gasteiger partial charge in [0.05, 0.1) is 25.2 Å². The van der Waals surface area contributed by atoms with E-state index in [2.05, 4.69) is 74.7 Å². The molecule has 0 aromatic carbocycles. The Morgan fingerprint density at radius 3 is 1.33 bits per heavy atom. The molecule has 368 valence electrons. The fourth-order valence-electron chi connectivity index (χ4n) is 8.31. The van der Waals surface area contributed by atoms with Gasteiger partial charge in [-0.05, 0) is 70.6 Å². The molecule has 3 N–H and O–H groups in total. The monoisotopic (exact) mass is 884 g/mol. The van der Waals surface area contributed by atoms with Crippen LogP contribution in [0.3, 0.4) is 0 Å². The number of aliphatic hydroxyl groups excluding tert-OH is 2. The van der Waals surface area contributed by atoms with Crippen LogP contribution in [0.25, 0.3) is 0 Å². The number of hydrogen-bond acceptors (Lipinski definition) is 5. The summed E-state index contributed by atoms with van der Waals surface area (Å²) in [6, 6.07) is -0.705. The SMILES string of the molecule is CC/C=C/C=C/C=C/CCCCCCCCCC(=O)OC(CCCCCCCCC/C=C/CCCCCCCC)CC(=O)NC(CO)C(O)CCCCCCCCCCCCCC. The molecule has 0 aliphatic rings. The number of carbonyl (C=O) groups is 2. The Bertz CT molecular complexity index is 1080.